The summed E-state index contributed by atoms with van der Waals surface area (Å²) in [6.45, 7) is 3.08. The highest BCUT2D eigenvalue weighted by atomic mass is 32.2. The quantitative estimate of drug-likeness (QED) is 0.518. The number of benzene rings is 1. The predicted molar refractivity (Wildman–Crippen MR) is 123 cm³/mol. The Labute approximate surface area is 202 Å². The monoisotopic (exact) mass is 514 g/mol. The van der Waals surface area contributed by atoms with Crippen molar-refractivity contribution in [1.29, 1.82) is 0 Å². The fourth-order valence-corrected chi connectivity index (χ4v) is 5.77. The van der Waals surface area contributed by atoms with Crippen molar-refractivity contribution in [2.45, 2.75) is 42.8 Å². The lowest BCUT2D eigenvalue weighted by Crippen LogP contribution is -2.37. The van der Waals surface area contributed by atoms with E-state index in [1.807, 2.05) is 0 Å². The van der Waals surface area contributed by atoms with Crippen LogP contribution < -0.4 is 10.5 Å². The van der Waals surface area contributed by atoms with Crippen LogP contribution in [0.5, 0.6) is 5.88 Å². The highest BCUT2D eigenvalue weighted by molar-refractivity contribution is 8.15. The van der Waals surface area contributed by atoms with Crippen molar-refractivity contribution in [1.82, 2.24) is 9.97 Å². The van der Waals surface area contributed by atoms with E-state index in [4.69, 9.17) is 10.5 Å². The summed E-state index contributed by atoms with van der Waals surface area (Å²) in [6.07, 6.45) is -2.92. The zero-order valence-electron chi connectivity index (χ0n) is 19.1. The fraction of sp³-hybridized carbons (Fsp3) is 0.435. The highest BCUT2D eigenvalue weighted by Gasteiger charge is 2.66. The van der Waals surface area contributed by atoms with Crippen LogP contribution in [0.2, 0.25) is 0 Å². The minimum Gasteiger partial charge on any atom is -0.464 e. The van der Waals surface area contributed by atoms with Gasteiger partial charge in [0.05, 0.1) is 29.3 Å². The molecule has 188 valence electrons. The second-order valence-corrected chi connectivity index (χ2v) is 10.2. The molecule has 0 radical (unpaired) electrons. The smallest absolute Gasteiger partial charge is 0.425 e. The molecule has 1 unspecified atom stereocenters. The molecule has 2 heterocycles. The third-order valence-corrected chi connectivity index (χ3v) is 7.48. The van der Waals surface area contributed by atoms with Crippen molar-refractivity contribution >= 4 is 28.8 Å². The van der Waals surface area contributed by atoms with Gasteiger partial charge in [-0.2, -0.15) is 13.2 Å². The average Bonchev–Trinajstić information content (AvgIpc) is 3.49. The van der Waals surface area contributed by atoms with E-state index in [-0.39, 0.29) is 21.9 Å². The second-order valence-electron chi connectivity index (χ2n) is 8.73. The van der Waals surface area contributed by atoms with Crippen molar-refractivity contribution in [2.24, 2.45) is 16.6 Å². The van der Waals surface area contributed by atoms with E-state index in [0.717, 1.165) is 31.8 Å². The maximum Gasteiger partial charge on any atom is 0.425 e. The molecule has 2 aromatic rings. The van der Waals surface area contributed by atoms with Gasteiger partial charge < -0.3 is 15.2 Å². The molecule has 0 bridgehead atoms. The summed E-state index contributed by atoms with van der Waals surface area (Å²) in [6, 6.07) is 4.14. The highest BCUT2D eigenvalue weighted by Crippen LogP contribution is 2.65. The molecule has 35 heavy (non-hydrogen) atoms. The van der Waals surface area contributed by atoms with Crippen LogP contribution in [0.15, 0.2) is 35.6 Å². The Balaban J connectivity index is 1.59. The Morgan fingerprint density at radius 2 is 2.06 bits per heavy atom. The number of hydrogen-bond donors (Lipinski definition) is 1. The lowest BCUT2D eigenvalue weighted by Gasteiger charge is -2.34. The van der Waals surface area contributed by atoms with E-state index in [1.165, 1.54) is 30.0 Å². The summed E-state index contributed by atoms with van der Waals surface area (Å²) in [4.78, 5) is 12.0. The lowest BCUT2D eigenvalue weighted by molar-refractivity contribution is -0.190. The summed E-state index contributed by atoms with van der Waals surface area (Å²) >= 11 is 1.43. The van der Waals surface area contributed by atoms with E-state index in [0.29, 0.717) is 17.3 Å². The Kier molecular flexibility index (Phi) is 6.56. The Morgan fingerprint density at radius 3 is 2.69 bits per heavy atom. The molecular formula is C23H23F5N4O2S. The van der Waals surface area contributed by atoms with Crippen LogP contribution in [0.1, 0.15) is 37.1 Å². The molecule has 2 N–H and O–H groups in total. The first-order valence-corrected chi connectivity index (χ1v) is 11.5. The number of nitrogens with two attached hydrogens (primary N) is 1. The van der Waals surface area contributed by atoms with E-state index in [9.17, 15) is 22.0 Å². The number of nitrogens with zero attached hydrogens (tertiary/aromatic N) is 3. The van der Waals surface area contributed by atoms with E-state index in [2.05, 4.69) is 19.7 Å². The zero-order valence-corrected chi connectivity index (χ0v) is 19.9. The van der Waals surface area contributed by atoms with Crippen molar-refractivity contribution in [3.05, 3.63) is 53.2 Å². The molecule has 1 aliphatic heterocycles. The Bertz CT molecular complexity index is 1170. The van der Waals surface area contributed by atoms with Crippen LogP contribution in [-0.2, 0) is 10.3 Å². The Hall–Kier alpha value is -2.73. The summed E-state index contributed by atoms with van der Waals surface area (Å²) < 4.78 is 77.4. The lowest BCUT2D eigenvalue weighted by atomic mass is 9.85. The van der Waals surface area contributed by atoms with Gasteiger partial charge in [0, 0.05) is 18.6 Å². The van der Waals surface area contributed by atoms with E-state index >= 15 is 0 Å². The van der Waals surface area contributed by atoms with Crippen LogP contribution in [0.4, 0.5) is 22.0 Å². The number of fused-ring (bicyclic) bond motifs is 1. The van der Waals surface area contributed by atoms with Crippen molar-refractivity contribution in [2.75, 3.05) is 13.7 Å². The predicted octanol–water partition coefficient (Wildman–Crippen LogP) is 5.09. The number of hydrogen-bond acceptors (Lipinski definition) is 7. The number of ether oxygens (including phenoxy) is 2. The van der Waals surface area contributed by atoms with Gasteiger partial charge in [0.2, 0.25) is 5.88 Å². The van der Waals surface area contributed by atoms with Crippen LogP contribution in [0.3, 0.4) is 0 Å². The van der Waals surface area contributed by atoms with Crippen LogP contribution in [0, 0.1) is 11.7 Å². The van der Waals surface area contributed by atoms with Crippen molar-refractivity contribution in [3.8, 4) is 5.88 Å². The number of halogens is 5. The second kappa shape index (κ2) is 9.05. The molecule has 1 aromatic carbocycles. The number of methoxy groups -OCH3 is 1. The minimum absolute atomic E-state index is 0.0108. The van der Waals surface area contributed by atoms with Crippen LogP contribution in [0.25, 0.3) is 11.9 Å². The Morgan fingerprint density at radius 1 is 1.31 bits per heavy atom. The first kappa shape index (κ1) is 25.4. The first-order valence-electron chi connectivity index (χ1n) is 10.6. The third-order valence-electron chi connectivity index (χ3n) is 6.20. The standard InChI is InChI=1S/C23H23F5N4O2S/c1-12(23(26,27)28)34-19-10-30-17(9-31-19)16(25)7-13-4-5-15(24)14(6-13)21(2)18-8-22(18,11-33-3)35-20(29)32-21/h4-7,9-10,12,18H,8,11H2,1-3H3,(H2,29,32)/b16-7-/t12?,18-,21+,22+/m0/s1. The van der Waals surface area contributed by atoms with Gasteiger partial charge in [-0.25, -0.2) is 18.7 Å². The van der Waals surface area contributed by atoms with Gasteiger partial charge in [0.15, 0.2) is 17.1 Å². The molecular weight excluding hydrogens is 491 g/mol. The van der Waals surface area contributed by atoms with Gasteiger partial charge in [0.1, 0.15) is 11.5 Å². The number of alkyl halides is 3. The maximum absolute atomic E-state index is 14.9. The summed E-state index contributed by atoms with van der Waals surface area (Å²) in [5.41, 5.74) is 5.52. The van der Waals surface area contributed by atoms with Gasteiger partial charge in [0.25, 0.3) is 0 Å². The molecule has 0 spiro atoms. The molecule has 1 saturated carbocycles. The fourth-order valence-electron chi connectivity index (χ4n) is 4.32. The molecule has 4 atom stereocenters. The van der Waals surface area contributed by atoms with Gasteiger partial charge >= 0.3 is 6.18 Å². The zero-order chi connectivity index (χ0) is 25.6. The minimum atomic E-state index is -4.57. The molecule has 1 aliphatic carbocycles. The van der Waals surface area contributed by atoms with Gasteiger partial charge in [-0.05, 0) is 44.0 Å². The molecule has 1 aromatic heterocycles. The number of aromatic nitrogens is 2. The number of amidine groups is 1. The number of rotatable bonds is 7. The largest absolute Gasteiger partial charge is 0.464 e. The molecule has 12 heteroatoms. The first-order chi connectivity index (χ1) is 16.4. The average molecular weight is 515 g/mol. The SMILES string of the molecule is COC[C@]12C[C@H]1[C@@](C)(c1cc(/C=C(\F)c3cnc(OC(C)C(F)(F)F)cn3)ccc1F)N=C(N)S2. The molecule has 2 aliphatic rings. The topological polar surface area (TPSA) is 82.6 Å². The van der Waals surface area contributed by atoms with Gasteiger partial charge in [-0.1, -0.05) is 17.8 Å². The van der Waals surface area contributed by atoms with Crippen LogP contribution in [-0.4, -0.2) is 45.9 Å². The maximum atomic E-state index is 14.9. The normalized spacial score (nSPS) is 27.1. The summed E-state index contributed by atoms with van der Waals surface area (Å²) in [7, 11) is 1.59. The number of aliphatic imine (C=N–C) groups is 1. The molecule has 4 rings (SSSR count). The van der Waals surface area contributed by atoms with Crippen molar-refractivity contribution < 1.29 is 31.4 Å². The molecule has 0 amide bonds. The molecule has 1 fully saturated rings. The summed E-state index contributed by atoms with van der Waals surface area (Å²) in [5, 5.41) is 0.335. The van der Waals surface area contributed by atoms with Gasteiger partial charge in [-0.3, -0.25) is 4.99 Å². The molecule has 6 nitrogen and oxygen atoms in total. The molecule has 0 saturated heterocycles. The van der Waals surface area contributed by atoms with Crippen LogP contribution >= 0.6 is 11.8 Å². The number of thioether (sulfide) groups is 1. The van der Waals surface area contributed by atoms with Crippen molar-refractivity contribution in [3.63, 3.8) is 0 Å². The van der Waals surface area contributed by atoms with E-state index < -0.39 is 35.3 Å². The van der Waals surface area contributed by atoms with Gasteiger partial charge in [-0.15, -0.1) is 0 Å². The van der Waals surface area contributed by atoms with E-state index in [1.54, 1.807) is 14.0 Å². The summed E-state index contributed by atoms with van der Waals surface area (Å²) in [5.74, 6) is -1.70. The third kappa shape index (κ3) is 4.99.